The summed E-state index contributed by atoms with van der Waals surface area (Å²) in [4.78, 5) is 11.0. The SMILES string of the molecule is O=C(O)c1ccc([C@@H]2Nc3ccc(Cl)cc3[C@@H]3C=CC[C@H]32)cc1. The highest BCUT2D eigenvalue weighted by atomic mass is 35.5. The van der Waals surface area contributed by atoms with Crippen molar-refractivity contribution in [3.63, 3.8) is 0 Å². The quantitative estimate of drug-likeness (QED) is 0.775. The molecule has 0 aromatic heterocycles. The number of halogens is 1. The minimum Gasteiger partial charge on any atom is -0.478 e. The van der Waals surface area contributed by atoms with E-state index in [1.807, 2.05) is 30.3 Å². The standard InChI is InChI=1S/C19H16ClNO2/c20-13-8-9-17-16(10-13)14-2-1-3-15(14)18(21-17)11-4-6-12(7-5-11)19(22)23/h1-2,4-10,14-15,18,21H,3H2,(H,22,23)/t14-,15-,18+/m1/s1. The van der Waals surface area contributed by atoms with Crippen LogP contribution in [0.2, 0.25) is 5.02 Å². The molecule has 0 radical (unpaired) electrons. The van der Waals surface area contributed by atoms with Crippen LogP contribution >= 0.6 is 11.6 Å². The zero-order valence-corrected chi connectivity index (χ0v) is 13.1. The lowest BCUT2D eigenvalue weighted by Gasteiger charge is -2.37. The summed E-state index contributed by atoms with van der Waals surface area (Å²) in [5.74, 6) is -0.112. The second-order valence-corrected chi connectivity index (χ2v) is 6.57. The zero-order chi connectivity index (χ0) is 16.0. The third-order valence-electron chi connectivity index (χ3n) is 4.84. The van der Waals surface area contributed by atoms with Crippen LogP contribution < -0.4 is 5.32 Å². The Labute approximate surface area is 139 Å². The zero-order valence-electron chi connectivity index (χ0n) is 12.4. The van der Waals surface area contributed by atoms with Crippen LogP contribution in [0.1, 0.15) is 39.9 Å². The fourth-order valence-electron chi connectivity index (χ4n) is 3.73. The van der Waals surface area contributed by atoms with Gasteiger partial charge in [0, 0.05) is 16.6 Å². The van der Waals surface area contributed by atoms with Gasteiger partial charge in [0.25, 0.3) is 0 Å². The van der Waals surface area contributed by atoms with Crippen LogP contribution in [0.4, 0.5) is 5.69 Å². The number of anilines is 1. The molecule has 4 rings (SSSR count). The largest absolute Gasteiger partial charge is 0.478 e. The predicted octanol–water partition coefficient (Wildman–Crippen LogP) is 4.86. The van der Waals surface area contributed by atoms with Crippen LogP contribution in [-0.4, -0.2) is 11.1 Å². The number of hydrogen-bond donors (Lipinski definition) is 2. The first-order valence-corrected chi connectivity index (χ1v) is 8.07. The Bertz CT molecular complexity index is 798. The molecule has 2 N–H and O–H groups in total. The van der Waals surface area contributed by atoms with E-state index in [1.54, 1.807) is 12.1 Å². The Morgan fingerprint density at radius 3 is 2.70 bits per heavy atom. The highest BCUT2D eigenvalue weighted by Gasteiger charge is 2.37. The highest BCUT2D eigenvalue weighted by Crippen LogP contribution is 2.50. The van der Waals surface area contributed by atoms with Crippen molar-refractivity contribution >= 4 is 23.3 Å². The van der Waals surface area contributed by atoms with Gasteiger partial charge in [0.2, 0.25) is 0 Å². The van der Waals surface area contributed by atoms with E-state index in [0.29, 0.717) is 17.4 Å². The van der Waals surface area contributed by atoms with Gasteiger partial charge in [-0.1, -0.05) is 35.9 Å². The number of carboxylic acid groups (broad SMARTS) is 1. The molecule has 2 aliphatic rings. The van der Waals surface area contributed by atoms with Crippen molar-refractivity contribution in [3.05, 3.63) is 76.3 Å². The number of rotatable bonds is 2. The molecule has 0 saturated heterocycles. The first kappa shape index (κ1) is 14.3. The molecule has 3 nitrogen and oxygen atoms in total. The molecule has 0 spiro atoms. The lowest BCUT2D eigenvalue weighted by atomic mass is 9.77. The molecule has 0 amide bonds. The fraction of sp³-hybridized carbons (Fsp3) is 0.211. The van der Waals surface area contributed by atoms with Crippen molar-refractivity contribution in [2.24, 2.45) is 5.92 Å². The molecular weight excluding hydrogens is 310 g/mol. The number of fused-ring (bicyclic) bond motifs is 3. The van der Waals surface area contributed by atoms with Gasteiger partial charge in [0.15, 0.2) is 0 Å². The van der Waals surface area contributed by atoms with E-state index >= 15 is 0 Å². The van der Waals surface area contributed by atoms with Gasteiger partial charge in [-0.05, 0) is 53.8 Å². The van der Waals surface area contributed by atoms with Crippen LogP contribution in [0.25, 0.3) is 0 Å². The molecule has 116 valence electrons. The van der Waals surface area contributed by atoms with Crippen molar-refractivity contribution in [1.29, 1.82) is 0 Å². The van der Waals surface area contributed by atoms with E-state index in [9.17, 15) is 4.79 Å². The molecule has 1 aliphatic heterocycles. The minimum atomic E-state index is -0.895. The van der Waals surface area contributed by atoms with Gasteiger partial charge in [0.05, 0.1) is 11.6 Å². The van der Waals surface area contributed by atoms with Crippen LogP contribution in [0, 0.1) is 5.92 Å². The van der Waals surface area contributed by atoms with Crippen LogP contribution in [0.5, 0.6) is 0 Å². The molecular formula is C19H16ClNO2. The first-order chi connectivity index (χ1) is 11.1. The molecule has 0 fully saturated rings. The van der Waals surface area contributed by atoms with Crippen molar-refractivity contribution in [2.45, 2.75) is 18.4 Å². The number of aromatic carboxylic acids is 1. The lowest BCUT2D eigenvalue weighted by Crippen LogP contribution is -2.29. The molecule has 0 bridgehead atoms. The summed E-state index contributed by atoms with van der Waals surface area (Å²) in [6, 6.07) is 13.3. The van der Waals surface area contributed by atoms with Gasteiger partial charge in [-0.2, -0.15) is 0 Å². The van der Waals surface area contributed by atoms with Crippen LogP contribution in [0.15, 0.2) is 54.6 Å². The van der Waals surface area contributed by atoms with Gasteiger partial charge in [-0.25, -0.2) is 4.79 Å². The van der Waals surface area contributed by atoms with E-state index in [-0.39, 0.29) is 6.04 Å². The van der Waals surface area contributed by atoms with E-state index in [4.69, 9.17) is 16.7 Å². The molecule has 0 unspecified atom stereocenters. The Hall–Kier alpha value is -2.26. The number of benzene rings is 2. The van der Waals surface area contributed by atoms with E-state index < -0.39 is 5.97 Å². The summed E-state index contributed by atoms with van der Waals surface area (Å²) < 4.78 is 0. The van der Waals surface area contributed by atoms with Crippen LogP contribution in [0.3, 0.4) is 0 Å². The maximum absolute atomic E-state index is 11.0. The third kappa shape index (κ3) is 2.41. The number of hydrogen-bond acceptors (Lipinski definition) is 2. The van der Waals surface area contributed by atoms with E-state index in [0.717, 1.165) is 22.7 Å². The molecule has 1 heterocycles. The monoisotopic (exact) mass is 325 g/mol. The Kier molecular flexibility index (Phi) is 3.38. The summed E-state index contributed by atoms with van der Waals surface area (Å²) >= 11 is 6.16. The van der Waals surface area contributed by atoms with Gasteiger partial charge in [-0.15, -0.1) is 0 Å². The van der Waals surface area contributed by atoms with Crippen molar-refractivity contribution in [2.75, 3.05) is 5.32 Å². The van der Waals surface area contributed by atoms with E-state index in [2.05, 4.69) is 17.5 Å². The lowest BCUT2D eigenvalue weighted by molar-refractivity contribution is 0.0697. The average molecular weight is 326 g/mol. The van der Waals surface area contributed by atoms with Gasteiger partial charge in [-0.3, -0.25) is 0 Å². The molecule has 1 aliphatic carbocycles. The predicted molar refractivity (Wildman–Crippen MR) is 91.2 cm³/mol. The minimum absolute atomic E-state index is 0.173. The van der Waals surface area contributed by atoms with Crippen molar-refractivity contribution in [1.82, 2.24) is 0 Å². The highest BCUT2D eigenvalue weighted by molar-refractivity contribution is 6.30. The summed E-state index contributed by atoms with van der Waals surface area (Å²) in [6.45, 7) is 0. The van der Waals surface area contributed by atoms with Gasteiger partial charge in [0.1, 0.15) is 0 Å². The van der Waals surface area contributed by atoms with Crippen molar-refractivity contribution < 1.29 is 9.90 Å². The third-order valence-corrected chi connectivity index (χ3v) is 5.08. The number of carboxylic acids is 1. The Balaban J connectivity index is 1.73. The molecule has 2 aromatic rings. The van der Waals surface area contributed by atoms with Gasteiger partial charge < -0.3 is 10.4 Å². The first-order valence-electron chi connectivity index (χ1n) is 7.69. The van der Waals surface area contributed by atoms with E-state index in [1.165, 1.54) is 5.56 Å². The van der Waals surface area contributed by atoms with Crippen molar-refractivity contribution in [3.8, 4) is 0 Å². The Morgan fingerprint density at radius 1 is 1.17 bits per heavy atom. The molecule has 2 aromatic carbocycles. The number of allylic oxidation sites excluding steroid dienone is 2. The summed E-state index contributed by atoms with van der Waals surface area (Å²) in [5, 5.41) is 13.4. The molecule has 23 heavy (non-hydrogen) atoms. The van der Waals surface area contributed by atoms with Crippen LogP contribution in [-0.2, 0) is 0 Å². The summed E-state index contributed by atoms with van der Waals surface area (Å²) in [7, 11) is 0. The maximum atomic E-state index is 11.0. The fourth-order valence-corrected chi connectivity index (χ4v) is 3.91. The average Bonchev–Trinajstić information content (AvgIpc) is 3.04. The smallest absolute Gasteiger partial charge is 0.335 e. The topological polar surface area (TPSA) is 49.3 Å². The second kappa shape index (κ2) is 5.43. The van der Waals surface area contributed by atoms with Gasteiger partial charge >= 0.3 is 5.97 Å². The summed E-state index contributed by atoms with van der Waals surface area (Å²) in [5.41, 5.74) is 3.79. The molecule has 4 heteroatoms. The molecule has 3 atom stereocenters. The number of carbonyl (C=O) groups is 1. The Morgan fingerprint density at radius 2 is 1.96 bits per heavy atom. The summed E-state index contributed by atoms with van der Waals surface area (Å²) in [6.07, 6.45) is 5.50. The normalized spacial score (nSPS) is 24.7. The molecule has 0 saturated carbocycles. The second-order valence-electron chi connectivity index (χ2n) is 6.13. The maximum Gasteiger partial charge on any atom is 0.335 e. The number of nitrogens with one attached hydrogen (secondary N) is 1.